The minimum Gasteiger partial charge on any atom is -0.397 e. The minimum atomic E-state index is -4.13. The van der Waals surface area contributed by atoms with Crippen LogP contribution in [0.25, 0.3) is 0 Å². The van der Waals surface area contributed by atoms with Crippen molar-refractivity contribution in [2.24, 2.45) is 0 Å². The number of nitrogens with one attached hydrogen (secondary N) is 2. The fourth-order valence-electron chi connectivity index (χ4n) is 1.07. The Morgan fingerprint density at radius 3 is 2.67 bits per heavy atom. The lowest BCUT2D eigenvalue weighted by atomic mass is 10.3. The molecule has 9 heteroatoms. The van der Waals surface area contributed by atoms with E-state index in [-0.39, 0.29) is 15.6 Å². The Hall–Kier alpha value is -1.51. The van der Waals surface area contributed by atoms with E-state index in [0.717, 1.165) is 11.3 Å². The molecule has 0 aromatic carbocycles. The van der Waals surface area contributed by atoms with Crippen molar-refractivity contribution in [1.29, 1.82) is 0 Å². The van der Waals surface area contributed by atoms with Gasteiger partial charge >= 0.3 is 12.3 Å². The molecule has 0 saturated heterocycles. The van der Waals surface area contributed by atoms with Crippen LogP contribution in [0.3, 0.4) is 0 Å². The molecule has 102 valence electrons. The number of carbonyl (C=O) groups excluding carboxylic acids is 1. The molecule has 0 spiro atoms. The van der Waals surface area contributed by atoms with Crippen LogP contribution >= 0.6 is 11.3 Å². The van der Waals surface area contributed by atoms with Gasteiger partial charge in [0.15, 0.2) is 0 Å². The van der Waals surface area contributed by atoms with Gasteiger partial charge in [-0.1, -0.05) is 0 Å². The van der Waals surface area contributed by atoms with E-state index < -0.39 is 24.8 Å². The van der Waals surface area contributed by atoms with Gasteiger partial charge in [-0.25, -0.2) is 8.78 Å². The van der Waals surface area contributed by atoms with Crippen LogP contribution in [0.1, 0.15) is 9.67 Å². The first-order valence-electron chi connectivity index (χ1n) is 4.79. The summed E-state index contributed by atoms with van der Waals surface area (Å²) >= 11 is 0.818. The predicted molar refractivity (Wildman–Crippen MR) is 61.6 cm³/mol. The number of amides is 1. The first-order chi connectivity index (χ1) is 8.27. The molecule has 0 aliphatic rings. The fraction of sp³-hybridized carbons (Fsp3) is 0.444. The monoisotopic (exact) mass is 285 g/mol. The quantitative estimate of drug-likeness (QED) is 0.725. The zero-order chi connectivity index (χ0) is 13.9. The van der Waals surface area contributed by atoms with Crippen molar-refractivity contribution in [2.75, 3.05) is 24.6 Å². The lowest BCUT2D eigenvalue weighted by Gasteiger charge is -2.15. The highest BCUT2D eigenvalue weighted by Crippen LogP contribution is 2.30. The first kappa shape index (κ1) is 14.6. The number of hydrogen-bond acceptors (Lipinski definition) is 4. The maximum Gasteiger partial charge on any atom is 0.324 e. The summed E-state index contributed by atoms with van der Waals surface area (Å²) in [7, 11) is 1.39. The molecular formula is C9H11F4N3OS. The number of halogens is 4. The van der Waals surface area contributed by atoms with E-state index in [1.807, 2.05) is 0 Å². The Labute approximate surface area is 104 Å². The molecule has 1 aromatic rings. The van der Waals surface area contributed by atoms with Gasteiger partial charge in [-0.15, -0.1) is 11.3 Å². The molecule has 0 saturated carbocycles. The third-order valence-electron chi connectivity index (χ3n) is 2.01. The summed E-state index contributed by atoms with van der Waals surface area (Å²) < 4.78 is 49.1. The van der Waals surface area contributed by atoms with Gasteiger partial charge < -0.3 is 16.4 Å². The minimum absolute atomic E-state index is 0.0993. The highest BCUT2D eigenvalue weighted by Gasteiger charge is 2.40. The Morgan fingerprint density at radius 2 is 2.17 bits per heavy atom. The summed E-state index contributed by atoms with van der Waals surface area (Å²) in [4.78, 5) is 11.4. The van der Waals surface area contributed by atoms with Gasteiger partial charge in [-0.05, 0) is 6.07 Å². The second-order valence-corrected chi connectivity index (χ2v) is 4.44. The van der Waals surface area contributed by atoms with Crippen LogP contribution in [0.2, 0.25) is 0 Å². The number of hydrogen-bond donors (Lipinski definition) is 3. The lowest BCUT2D eigenvalue weighted by molar-refractivity contribution is -0.117. The van der Waals surface area contributed by atoms with Crippen molar-refractivity contribution in [2.45, 2.75) is 12.3 Å². The number of rotatable bonds is 5. The maximum absolute atomic E-state index is 12.6. The molecule has 4 nitrogen and oxygen atoms in total. The van der Waals surface area contributed by atoms with Crippen LogP contribution in [0.5, 0.6) is 0 Å². The number of carbonyl (C=O) groups is 1. The van der Waals surface area contributed by atoms with Gasteiger partial charge in [0.2, 0.25) is 0 Å². The number of nitrogens with two attached hydrogens (primary N) is 1. The lowest BCUT2D eigenvalue weighted by Crippen LogP contribution is -2.34. The highest BCUT2D eigenvalue weighted by molar-refractivity contribution is 7.18. The zero-order valence-corrected chi connectivity index (χ0v) is 10.1. The molecule has 18 heavy (non-hydrogen) atoms. The summed E-state index contributed by atoms with van der Waals surface area (Å²) in [6.45, 7) is -1.22. The zero-order valence-electron chi connectivity index (χ0n) is 9.27. The van der Waals surface area contributed by atoms with Crippen molar-refractivity contribution in [3.05, 3.63) is 10.9 Å². The predicted octanol–water partition coefficient (Wildman–Crippen LogP) is 2.00. The summed E-state index contributed by atoms with van der Waals surface area (Å²) in [5, 5.41) is 4.59. The SMILES string of the molecule is CNC(=O)c1sc(NCC(F)(F)C(F)F)cc1N. The van der Waals surface area contributed by atoms with Gasteiger partial charge in [0.1, 0.15) is 4.88 Å². The number of anilines is 2. The summed E-state index contributed by atoms with van der Waals surface area (Å²) in [6.07, 6.45) is -3.75. The van der Waals surface area contributed by atoms with E-state index in [1.165, 1.54) is 13.1 Å². The standard InChI is InChI=1S/C9H11F4N3OS/c1-15-7(17)6-4(14)2-5(18-6)16-3-9(12,13)8(10)11/h2,8,16H,3,14H2,1H3,(H,15,17). The smallest absolute Gasteiger partial charge is 0.324 e. The molecule has 1 rings (SSSR count). The normalized spacial score (nSPS) is 11.7. The van der Waals surface area contributed by atoms with Crippen molar-refractivity contribution in [3.8, 4) is 0 Å². The fourth-order valence-corrected chi connectivity index (χ4v) is 1.99. The molecule has 0 aliphatic heterocycles. The number of thiophene rings is 1. The third-order valence-corrected chi connectivity index (χ3v) is 3.12. The van der Waals surface area contributed by atoms with Crippen molar-refractivity contribution in [3.63, 3.8) is 0 Å². The summed E-state index contributed by atoms with van der Waals surface area (Å²) in [5.41, 5.74) is 5.59. The van der Waals surface area contributed by atoms with Crippen LogP contribution in [-0.4, -0.2) is 31.8 Å². The average molecular weight is 285 g/mol. The van der Waals surface area contributed by atoms with Crippen LogP contribution in [-0.2, 0) is 0 Å². The molecular weight excluding hydrogens is 274 g/mol. The summed E-state index contributed by atoms with van der Waals surface area (Å²) in [6, 6.07) is 1.25. The molecule has 0 fully saturated rings. The topological polar surface area (TPSA) is 67.2 Å². The van der Waals surface area contributed by atoms with E-state index >= 15 is 0 Å². The number of alkyl halides is 4. The van der Waals surface area contributed by atoms with Crippen LogP contribution < -0.4 is 16.4 Å². The van der Waals surface area contributed by atoms with Gasteiger partial charge in [-0.2, -0.15) is 8.78 Å². The first-order valence-corrected chi connectivity index (χ1v) is 5.61. The molecule has 0 bridgehead atoms. The Bertz CT molecular complexity index is 435. The van der Waals surface area contributed by atoms with Crippen molar-refractivity contribution < 1.29 is 22.4 Å². The van der Waals surface area contributed by atoms with Crippen molar-refractivity contribution >= 4 is 27.9 Å². The van der Waals surface area contributed by atoms with Crippen molar-refractivity contribution in [1.82, 2.24) is 5.32 Å². The molecule has 0 aliphatic carbocycles. The molecule has 1 aromatic heterocycles. The molecule has 1 amide bonds. The van der Waals surface area contributed by atoms with E-state index in [2.05, 4.69) is 10.6 Å². The van der Waals surface area contributed by atoms with Crippen LogP contribution in [0, 0.1) is 0 Å². The Morgan fingerprint density at radius 1 is 1.56 bits per heavy atom. The molecule has 1 heterocycles. The van der Waals surface area contributed by atoms with E-state index in [4.69, 9.17) is 5.73 Å². The van der Waals surface area contributed by atoms with E-state index in [1.54, 1.807) is 0 Å². The molecule has 4 N–H and O–H groups in total. The third kappa shape index (κ3) is 3.25. The second kappa shape index (κ2) is 5.42. The Balaban J connectivity index is 2.73. The van der Waals surface area contributed by atoms with Crippen LogP contribution in [0.4, 0.5) is 28.3 Å². The van der Waals surface area contributed by atoms with Gasteiger partial charge in [0, 0.05) is 7.05 Å². The molecule has 0 unspecified atom stereocenters. The average Bonchev–Trinajstić information content (AvgIpc) is 2.67. The van der Waals surface area contributed by atoms with Crippen LogP contribution in [0.15, 0.2) is 6.07 Å². The van der Waals surface area contributed by atoms with E-state index in [9.17, 15) is 22.4 Å². The summed E-state index contributed by atoms with van der Waals surface area (Å²) in [5.74, 6) is -4.60. The number of nitrogen functional groups attached to an aromatic ring is 1. The Kier molecular flexibility index (Phi) is 4.38. The largest absolute Gasteiger partial charge is 0.397 e. The van der Waals surface area contributed by atoms with E-state index in [0.29, 0.717) is 0 Å². The molecule has 0 atom stereocenters. The highest BCUT2D eigenvalue weighted by atomic mass is 32.1. The second-order valence-electron chi connectivity index (χ2n) is 3.39. The van der Waals surface area contributed by atoms with Gasteiger partial charge in [0.05, 0.1) is 17.2 Å². The molecule has 0 radical (unpaired) electrons. The van der Waals surface area contributed by atoms with Gasteiger partial charge in [-0.3, -0.25) is 4.79 Å². The maximum atomic E-state index is 12.6. The van der Waals surface area contributed by atoms with Gasteiger partial charge in [0.25, 0.3) is 5.91 Å².